The van der Waals surface area contributed by atoms with Gasteiger partial charge in [0.1, 0.15) is 11.9 Å². The van der Waals surface area contributed by atoms with Crippen molar-refractivity contribution in [2.45, 2.75) is 45.5 Å². The highest BCUT2D eigenvalue weighted by Crippen LogP contribution is 2.57. The number of fused-ring (bicyclic) bond motifs is 1. The highest BCUT2D eigenvalue weighted by Gasteiger charge is 2.64. The van der Waals surface area contributed by atoms with Gasteiger partial charge in [0.05, 0.1) is 18.0 Å². The average Bonchev–Trinajstić information content (AvgIpc) is 3.36. The van der Waals surface area contributed by atoms with Gasteiger partial charge in [-0.1, -0.05) is 31.2 Å². The molecule has 0 spiro atoms. The van der Waals surface area contributed by atoms with Crippen molar-refractivity contribution in [3.63, 3.8) is 0 Å². The van der Waals surface area contributed by atoms with Crippen LogP contribution in [0, 0.1) is 22.7 Å². The number of nitriles is 1. The lowest BCUT2D eigenvalue weighted by Gasteiger charge is -2.24. The SMILES string of the molecule is C=C(C)C(F)(F)c1ncn(CC23C=C(C(C)F)C(=O)NC2C3C)c(=O)c1Oc1cc(Cl)cc(C#N)c1. The monoisotopic (exact) mass is 518 g/mol. The fraction of sp³-hybridized carbons (Fsp3) is 0.360. The number of allylic oxidation sites excluding steroid dienone is 1. The average molecular weight is 519 g/mol. The van der Waals surface area contributed by atoms with Gasteiger partial charge in [-0.3, -0.25) is 14.2 Å². The van der Waals surface area contributed by atoms with Crippen molar-refractivity contribution in [1.82, 2.24) is 14.9 Å². The Kier molecular flexibility index (Phi) is 6.25. The Morgan fingerprint density at radius 3 is 2.72 bits per heavy atom. The zero-order valence-corrected chi connectivity index (χ0v) is 20.4. The van der Waals surface area contributed by atoms with E-state index in [2.05, 4.69) is 16.9 Å². The maximum Gasteiger partial charge on any atom is 0.314 e. The largest absolute Gasteiger partial charge is 0.449 e. The van der Waals surface area contributed by atoms with E-state index in [4.69, 9.17) is 16.3 Å². The molecule has 1 N–H and O–H groups in total. The van der Waals surface area contributed by atoms with Crippen molar-refractivity contribution in [3.8, 4) is 17.6 Å². The van der Waals surface area contributed by atoms with Crippen LogP contribution in [0.25, 0.3) is 0 Å². The van der Waals surface area contributed by atoms with Gasteiger partial charge < -0.3 is 10.1 Å². The predicted octanol–water partition coefficient (Wildman–Crippen LogP) is 4.65. The number of carbonyl (C=O) groups excluding carboxylic acids is 1. The van der Waals surface area contributed by atoms with Crippen LogP contribution >= 0.6 is 11.6 Å². The summed E-state index contributed by atoms with van der Waals surface area (Å²) in [5.74, 6) is -5.23. The van der Waals surface area contributed by atoms with Gasteiger partial charge in [0, 0.05) is 28.6 Å². The van der Waals surface area contributed by atoms with Crippen LogP contribution < -0.4 is 15.6 Å². The van der Waals surface area contributed by atoms with Gasteiger partial charge in [0.25, 0.3) is 5.56 Å². The summed E-state index contributed by atoms with van der Waals surface area (Å²) in [6.45, 7) is 7.40. The Labute approximate surface area is 209 Å². The third-order valence-electron chi connectivity index (χ3n) is 6.71. The van der Waals surface area contributed by atoms with Gasteiger partial charge in [-0.25, -0.2) is 9.37 Å². The van der Waals surface area contributed by atoms with Crippen molar-refractivity contribution in [2.75, 3.05) is 0 Å². The molecule has 1 aromatic carbocycles. The van der Waals surface area contributed by atoms with Crippen molar-refractivity contribution >= 4 is 17.5 Å². The van der Waals surface area contributed by atoms with E-state index in [1.165, 1.54) is 31.2 Å². The Balaban J connectivity index is 1.83. The van der Waals surface area contributed by atoms with Crippen molar-refractivity contribution < 1.29 is 22.7 Å². The van der Waals surface area contributed by atoms with Gasteiger partial charge in [0.15, 0.2) is 5.69 Å². The Morgan fingerprint density at radius 1 is 1.42 bits per heavy atom. The molecular formula is C25H22ClF3N4O3. The Bertz CT molecular complexity index is 1410. The summed E-state index contributed by atoms with van der Waals surface area (Å²) in [6, 6.07) is 5.38. The Morgan fingerprint density at radius 2 is 2.11 bits per heavy atom. The molecule has 1 amide bonds. The Hall–Kier alpha value is -3.58. The fourth-order valence-electron chi connectivity index (χ4n) is 4.50. The molecule has 0 bridgehead atoms. The number of nitrogens with zero attached hydrogens (tertiary/aromatic N) is 3. The maximum atomic E-state index is 15.0. The molecule has 0 saturated heterocycles. The summed E-state index contributed by atoms with van der Waals surface area (Å²) in [6.07, 6.45) is 0.962. The van der Waals surface area contributed by atoms with Gasteiger partial charge in [-0.2, -0.15) is 14.0 Å². The first-order valence-electron chi connectivity index (χ1n) is 11.0. The molecule has 1 aliphatic carbocycles. The lowest BCUT2D eigenvalue weighted by Crippen LogP contribution is -2.39. The topological polar surface area (TPSA) is 97.0 Å². The molecule has 36 heavy (non-hydrogen) atoms. The highest BCUT2D eigenvalue weighted by molar-refractivity contribution is 6.30. The molecule has 7 nitrogen and oxygen atoms in total. The lowest BCUT2D eigenvalue weighted by molar-refractivity contribution is -0.118. The molecule has 1 aliphatic heterocycles. The van der Waals surface area contributed by atoms with Gasteiger partial charge in [-0.15, -0.1) is 0 Å². The van der Waals surface area contributed by atoms with Crippen LogP contribution in [-0.2, 0) is 17.3 Å². The number of ether oxygens (including phenoxy) is 1. The lowest BCUT2D eigenvalue weighted by atomic mass is 9.94. The van der Waals surface area contributed by atoms with E-state index in [-0.39, 0.29) is 40.4 Å². The van der Waals surface area contributed by atoms with E-state index in [9.17, 15) is 28.0 Å². The molecule has 0 radical (unpaired) electrons. The first-order chi connectivity index (χ1) is 16.8. The van der Waals surface area contributed by atoms with E-state index in [0.717, 1.165) is 17.8 Å². The first kappa shape index (κ1) is 25.5. The summed E-state index contributed by atoms with van der Waals surface area (Å²) in [7, 11) is 0. The van der Waals surface area contributed by atoms with E-state index in [0.29, 0.717) is 0 Å². The second-order valence-electron chi connectivity index (χ2n) is 9.17. The van der Waals surface area contributed by atoms with Crippen molar-refractivity contribution in [2.24, 2.45) is 11.3 Å². The maximum absolute atomic E-state index is 15.0. The minimum atomic E-state index is -3.70. The first-order valence-corrected chi connectivity index (χ1v) is 11.4. The zero-order chi connectivity index (χ0) is 26.6. The smallest absolute Gasteiger partial charge is 0.314 e. The van der Waals surface area contributed by atoms with E-state index < -0.39 is 46.0 Å². The van der Waals surface area contributed by atoms with Crippen LogP contribution in [0.3, 0.4) is 0 Å². The summed E-state index contributed by atoms with van der Waals surface area (Å²) < 4.78 is 50.7. The quantitative estimate of drug-likeness (QED) is 0.538. The molecule has 1 fully saturated rings. The number of nitrogens with one attached hydrogen (secondary N) is 1. The number of amides is 1. The minimum Gasteiger partial charge on any atom is -0.449 e. The zero-order valence-electron chi connectivity index (χ0n) is 19.6. The predicted molar refractivity (Wildman–Crippen MR) is 126 cm³/mol. The number of benzene rings is 1. The van der Waals surface area contributed by atoms with Crippen molar-refractivity contribution in [3.05, 3.63) is 75.0 Å². The number of hydrogen-bond acceptors (Lipinski definition) is 5. The van der Waals surface area contributed by atoms with Gasteiger partial charge in [0.2, 0.25) is 11.7 Å². The molecule has 4 atom stereocenters. The second-order valence-corrected chi connectivity index (χ2v) is 9.60. The summed E-state index contributed by atoms with van der Waals surface area (Å²) in [5.41, 5.74) is -3.19. The summed E-state index contributed by atoms with van der Waals surface area (Å²) in [5, 5.41) is 12.0. The number of hydrogen-bond donors (Lipinski definition) is 1. The van der Waals surface area contributed by atoms with Crippen LogP contribution in [0.5, 0.6) is 11.5 Å². The minimum absolute atomic E-state index is 0.0542. The number of rotatable bonds is 7. The fourth-order valence-corrected chi connectivity index (χ4v) is 4.72. The molecular weight excluding hydrogens is 497 g/mol. The molecule has 4 unspecified atom stereocenters. The number of carbonyl (C=O) groups is 1. The van der Waals surface area contributed by atoms with Crippen LogP contribution in [0.15, 0.2) is 53.1 Å². The molecule has 1 saturated carbocycles. The standard InChI is InChI=1S/C25H22ClF3N4O3/c1-12(2)25(28,29)21-19(36-17-6-15(9-30)5-16(26)7-17)23(35)33(11-31-21)10-24-8-18(14(4)27)22(34)32-20(24)13(24)3/h5-8,11,13-14,20H,1,10H2,2-4H3,(H,32,34). The second kappa shape index (κ2) is 8.82. The normalized spacial score (nSPS) is 23.6. The molecule has 1 aromatic heterocycles. The van der Waals surface area contributed by atoms with Gasteiger partial charge >= 0.3 is 5.92 Å². The van der Waals surface area contributed by atoms with Crippen LogP contribution in [0.4, 0.5) is 13.2 Å². The van der Waals surface area contributed by atoms with Crippen LogP contribution in [-0.4, -0.2) is 27.7 Å². The van der Waals surface area contributed by atoms with E-state index in [1.807, 2.05) is 13.0 Å². The third kappa shape index (κ3) is 4.17. The molecule has 2 heterocycles. The molecule has 2 aliphatic rings. The number of aromatic nitrogens is 2. The van der Waals surface area contributed by atoms with E-state index in [1.54, 1.807) is 0 Å². The summed E-state index contributed by atoms with van der Waals surface area (Å²) in [4.78, 5) is 29.5. The molecule has 4 rings (SSSR count). The van der Waals surface area contributed by atoms with Gasteiger partial charge in [-0.05, 0) is 43.5 Å². The summed E-state index contributed by atoms with van der Waals surface area (Å²) >= 11 is 6.00. The number of alkyl halides is 3. The van der Waals surface area contributed by atoms with E-state index >= 15 is 0 Å². The molecule has 188 valence electrons. The molecule has 2 aromatic rings. The van der Waals surface area contributed by atoms with Crippen LogP contribution in [0.1, 0.15) is 32.0 Å². The number of halogens is 4. The third-order valence-corrected chi connectivity index (χ3v) is 6.93. The highest BCUT2D eigenvalue weighted by atomic mass is 35.5. The molecule has 11 heteroatoms. The van der Waals surface area contributed by atoms with Crippen molar-refractivity contribution in [1.29, 1.82) is 5.26 Å². The van der Waals surface area contributed by atoms with Crippen LogP contribution in [0.2, 0.25) is 5.02 Å².